The first-order valence-electron chi connectivity index (χ1n) is 15.1. The minimum Gasteiger partial charge on any atom is -0.423 e. The minimum atomic E-state index is -1.51. The van der Waals surface area contributed by atoms with E-state index in [0.29, 0.717) is 22.9 Å². The Morgan fingerprint density at radius 2 is 0.870 bits per heavy atom. The lowest BCUT2D eigenvalue weighted by Gasteiger charge is -2.11. The molecular formula is C39H27BN4O2. The van der Waals surface area contributed by atoms with Gasteiger partial charge in [-0.15, -0.1) is 0 Å². The first kappa shape index (κ1) is 27.6. The summed E-state index contributed by atoms with van der Waals surface area (Å²) in [6, 6.07) is 50.5. The van der Waals surface area contributed by atoms with Gasteiger partial charge in [0.2, 0.25) is 0 Å². The first-order chi connectivity index (χ1) is 22.6. The molecule has 0 bridgehead atoms. The van der Waals surface area contributed by atoms with Crippen LogP contribution in [0.4, 0.5) is 0 Å². The minimum absolute atomic E-state index is 0.471. The predicted octanol–water partition coefficient (Wildman–Crippen LogP) is 7.32. The fourth-order valence-electron chi connectivity index (χ4n) is 5.98. The van der Waals surface area contributed by atoms with Gasteiger partial charge in [0.1, 0.15) is 0 Å². The molecule has 0 aliphatic rings. The molecule has 8 aromatic rings. The lowest BCUT2D eigenvalue weighted by molar-refractivity contribution is 0.426. The van der Waals surface area contributed by atoms with Crippen molar-refractivity contribution >= 4 is 34.4 Å². The van der Waals surface area contributed by atoms with E-state index in [2.05, 4.69) is 65.2 Å². The summed E-state index contributed by atoms with van der Waals surface area (Å²) in [5, 5.41) is 21.6. The molecule has 218 valence electrons. The smallest absolute Gasteiger partial charge is 0.423 e. The second kappa shape index (κ2) is 11.6. The Hall–Kier alpha value is -5.89. The number of hydrogen-bond donors (Lipinski definition) is 2. The zero-order chi connectivity index (χ0) is 31.0. The third kappa shape index (κ3) is 5.04. The van der Waals surface area contributed by atoms with Gasteiger partial charge in [-0.05, 0) is 40.9 Å². The average molecular weight is 594 g/mol. The van der Waals surface area contributed by atoms with E-state index >= 15 is 0 Å². The van der Waals surface area contributed by atoms with Crippen LogP contribution in [0.25, 0.3) is 72.8 Å². The van der Waals surface area contributed by atoms with Gasteiger partial charge in [-0.25, -0.2) is 15.0 Å². The van der Waals surface area contributed by atoms with Crippen LogP contribution in [-0.2, 0) is 0 Å². The molecule has 0 saturated heterocycles. The first-order valence-corrected chi connectivity index (χ1v) is 15.1. The quantitative estimate of drug-likeness (QED) is 0.197. The Balaban J connectivity index is 1.14. The molecule has 8 rings (SSSR count). The summed E-state index contributed by atoms with van der Waals surface area (Å²) in [4.78, 5) is 14.5. The zero-order valence-electron chi connectivity index (χ0n) is 24.7. The van der Waals surface area contributed by atoms with Gasteiger partial charge in [-0.3, -0.25) is 0 Å². The number of rotatable bonds is 6. The number of fused-ring (bicyclic) bond motifs is 3. The third-order valence-electron chi connectivity index (χ3n) is 8.30. The maximum absolute atomic E-state index is 9.76. The van der Waals surface area contributed by atoms with Gasteiger partial charge in [-0.2, -0.15) is 0 Å². The number of hydrogen-bond acceptors (Lipinski definition) is 5. The van der Waals surface area contributed by atoms with E-state index in [1.807, 2.05) is 84.9 Å². The maximum Gasteiger partial charge on any atom is 0.488 e. The molecule has 0 aliphatic heterocycles. The topological polar surface area (TPSA) is 84.1 Å². The Morgan fingerprint density at radius 3 is 1.43 bits per heavy atom. The second-order valence-electron chi connectivity index (χ2n) is 11.2. The van der Waals surface area contributed by atoms with E-state index in [0.717, 1.165) is 55.3 Å². The molecule has 0 atom stereocenters. The predicted molar refractivity (Wildman–Crippen MR) is 186 cm³/mol. The van der Waals surface area contributed by atoms with E-state index in [1.165, 1.54) is 0 Å². The van der Waals surface area contributed by atoms with Crippen LogP contribution < -0.4 is 5.46 Å². The average Bonchev–Trinajstić information content (AvgIpc) is 3.46. The lowest BCUT2D eigenvalue weighted by atomic mass is 9.80. The largest absolute Gasteiger partial charge is 0.488 e. The third-order valence-corrected chi connectivity index (χ3v) is 8.30. The van der Waals surface area contributed by atoms with Crippen LogP contribution in [0, 0.1) is 0 Å². The molecule has 2 aromatic heterocycles. The van der Waals surface area contributed by atoms with Crippen molar-refractivity contribution in [3.8, 4) is 51.0 Å². The van der Waals surface area contributed by atoms with Crippen molar-refractivity contribution in [1.82, 2.24) is 19.5 Å². The van der Waals surface area contributed by atoms with Crippen LogP contribution in [0.15, 0.2) is 152 Å². The number of aromatic nitrogens is 4. The highest BCUT2D eigenvalue weighted by Gasteiger charge is 2.17. The van der Waals surface area contributed by atoms with Crippen molar-refractivity contribution < 1.29 is 10.0 Å². The van der Waals surface area contributed by atoms with E-state index in [1.54, 1.807) is 6.07 Å². The summed E-state index contributed by atoms with van der Waals surface area (Å²) in [6.45, 7) is 0. The Morgan fingerprint density at radius 1 is 0.413 bits per heavy atom. The second-order valence-corrected chi connectivity index (χ2v) is 11.2. The van der Waals surface area contributed by atoms with Gasteiger partial charge in [0.05, 0.1) is 11.0 Å². The van der Waals surface area contributed by atoms with E-state index < -0.39 is 7.12 Å². The SMILES string of the molecule is OB(O)c1ccc2c(c1)c1ccccc1n2-c1ccc(-c2ccc(-c3nc(-c4ccccc4)nc(-c4ccccc4)n3)cc2)cc1. The lowest BCUT2D eigenvalue weighted by Crippen LogP contribution is -2.29. The fourth-order valence-corrected chi connectivity index (χ4v) is 5.98. The Bertz CT molecular complexity index is 2260. The van der Waals surface area contributed by atoms with Crippen LogP contribution in [0.1, 0.15) is 0 Å². The fraction of sp³-hybridized carbons (Fsp3) is 0. The molecule has 2 N–H and O–H groups in total. The number of nitrogens with zero attached hydrogens (tertiary/aromatic N) is 4. The van der Waals surface area contributed by atoms with E-state index in [-0.39, 0.29) is 0 Å². The molecule has 0 radical (unpaired) electrons. The highest BCUT2D eigenvalue weighted by Crippen LogP contribution is 2.33. The van der Waals surface area contributed by atoms with Crippen molar-refractivity contribution in [3.05, 3.63) is 152 Å². The van der Waals surface area contributed by atoms with Gasteiger partial charge in [0.25, 0.3) is 0 Å². The molecule has 0 aliphatic carbocycles. The molecule has 6 nitrogen and oxygen atoms in total. The normalized spacial score (nSPS) is 11.3. The molecule has 6 aromatic carbocycles. The number of para-hydroxylation sites is 1. The van der Waals surface area contributed by atoms with Crippen LogP contribution in [0.5, 0.6) is 0 Å². The van der Waals surface area contributed by atoms with Crippen molar-refractivity contribution in [2.75, 3.05) is 0 Å². The molecule has 0 spiro atoms. The van der Waals surface area contributed by atoms with Gasteiger partial charge in [-0.1, -0.05) is 127 Å². The summed E-state index contributed by atoms with van der Waals surface area (Å²) in [7, 11) is -1.51. The molecule has 0 amide bonds. The van der Waals surface area contributed by atoms with Gasteiger partial charge in [0.15, 0.2) is 17.5 Å². The van der Waals surface area contributed by atoms with Gasteiger partial charge >= 0.3 is 7.12 Å². The van der Waals surface area contributed by atoms with E-state index in [9.17, 15) is 10.0 Å². The molecule has 0 fully saturated rings. The summed E-state index contributed by atoms with van der Waals surface area (Å²) >= 11 is 0. The molecule has 2 heterocycles. The van der Waals surface area contributed by atoms with Crippen LogP contribution in [0.2, 0.25) is 0 Å². The zero-order valence-corrected chi connectivity index (χ0v) is 24.7. The maximum atomic E-state index is 9.76. The summed E-state index contributed by atoms with van der Waals surface area (Å²) in [5.74, 6) is 1.90. The highest BCUT2D eigenvalue weighted by atomic mass is 16.4. The van der Waals surface area contributed by atoms with Crippen molar-refractivity contribution in [3.63, 3.8) is 0 Å². The molecular weight excluding hydrogens is 567 g/mol. The summed E-state index contributed by atoms with van der Waals surface area (Å²) in [6.07, 6.45) is 0. The highest BCUT2D eigenvalue weighted by molar-refractivity contribution is 6.59. The van der Waals surface area contributed by atoms with Crippen molar-refractivity contribution in [2.45, 2.75) is 0 Å². The molecule has 0 saturated carbocycles. The molecule has 7 heteroatoms. The summed E-state index contributed by atoms with van der Waals surface area (Å²) < 4.78 is 2.21. The van der Waals surface area contributed by atoms with Crippen molar-refractivity contribution in [2.24, 2.45) is 0 Å². The van der Waals surface area contributed by atoms with Crippen LogP contribution in [0.3, 0.4) is 0 Å². The molecule has 0 unspecified atom stereocenters. The van der Waals surface area contributed by atoms with Gasteiger partial charge in [0, 0.05) is 33.2 Å². The van der Waals surface area contributed by atoms with Gasteiger partial charge < -0.3 is 14.6 Å². The Labute approximate surface area is 266 Å². The monoisotopic (exact) mass is 594 g/mol. The van der Waals surface area contributed by atoms with Crippen molar-refractivity contribution in [1.29, 1.82) is 0 Å². The number of benzene rings is 6. The summed E-state index contributed by atoms with van der Waals surface area (Å²) in [5.41, 5.74) is 8.52. The van der Waals surface area contributed by atoms with Crippen LogP contribution in [-0.4, -0.2) is 36.7 Å². The Kier molecular flexibility index (Phi) is 6.95. The standard InChI is InChI=1S/C39H27BN4O2/c45-40(46)31-21-24-36-34(25-31)33-13-7-8-14-35(33)44(36)32-22-19-27(20-23-32)26-15-17-30(18-16-26)39-42-37(28-9-3-1-4-10-28)41-38(43-39)29-11-5-2-6-12-29/h1-25,45-46H. The van der Waals surface area contributed by atoms with Crippen LogP contribution >= 0.6 is 0 Å². The molecule has 46 heavy (non-hydrogen) atoms. The van der Waals surface area contributed by atoms with E-state index in [4.69, 9.17) is 15.0 Å².